The molecule has 2 fully saturated rings. The molecule has 21 heavy (non-hydrogen) atoms. The second kappa shape index (κ2) is 7.45. The predicted molar refractivity (Wildman–Crippen MR) is 73.9 cm³/mol. The molecule has 1 amide bonds. The van der Waals surface area contributed by atoms with Gasteiger partial charge in [-0.2, -0.15) is 13.2 Å². The van der Waals surface area contributed by atoms with Crippen molar-refractivity contribution in [1.29, 1.82) is 0 Å². The lowest BCUT2D eigenvalue weighted by Gasteiger charge is -2.31. The Bertz CT molecular complexity index is 335. The van der Waals surface area contributed by atoms with E-state index in [2.05, 4.69) is 15.5 Å². The van der Waals surface area contributed by atoms with Gasteiger partial charge in [0.05, 0.1) is 12.0 Å². The highest BCUT2D eigenvalue weighted by Crippen LogP contribution is 2.31. The quantitative estimate of drug-likeness (QED) is 0.828. The molecule has 0 spiro atoms. The molecule has 4 nitrogen and oxygen atoms in total. The summed E-state index contributed by atoms with van der Waals surface area (Å²) in [6.45, 7) is 3.38. The highest BCUT2D eigenvalue weighted by atomic mass is 19.4. The van der Waals surface area contributed by atoms with Crippen LogP contribution < -0.4 is 10.6 Å². The number of rotatable bonds is 4. The minimum absolute atomic E-state index is 0.0285. The molecule has 0 aromatic carbocycles. The number of halogens is 3. The van der Waals surface area contributed by atoms with Crippen LogP contribution in [0.3, 0.4) is 0 Å². The molecular formula is C14H24F3N3O. The second-order valence-electron chi connectivity index (χ2n) is 5.97. The van der Waals surface area contributed by atoms with Gasteiger partial charge in [-0.15, -0.1) is 0 Å². The molecule has 2 rings (SSSR count). The van der Waals surface area contributed by atoms with Crippen LogP contribution in [0, 0.1) is 5.92 Å². The van der Waals surface area contributed by atoms with Crippen molar-refractivity contribution in [3.05, 3.63) is 0 Å². The van der Waals surface area contributed by atoms with E-state index >= 15 is 0 Å². The maximum absolute atomic E-state index is 12.5. The van der Waals surface area contributed by atoms with Crippen LogP contribution in [0.15, 0.2) is 0 Å². The lowest BCUT2D eigenvalue weighted by Crippen LogP contribution is -2.52. The Kier molecular flexibility index (Phi) is 5.87. The SMILES string of the molecule is O=C(NCCN1CCCCC1)C1CCC(C(F)(F)F)CN1. The fourth-order valence-electron chi connectivity index (χ4n) is 3.00. The smallest absolute Gasteiger partial charge is 0.353 e. The van der Waals surface area contributed by atoms with Crippen LogP contribution >= 0.6 is 0 Å². The zero-order valence-corrected chi connectivity index (χ0v) is 12.2. The minimum Gasteiger partial charge on any atom is -0.353 e. The summed E-state index contributed by atoms with van der Waals surface area (Å²) < 4.78 is 37.6. The van der Waals surface area contributed by atoms with Crippen LogP contribution in [-0.2, 0) is 4.79 Å². The molecular weight excluding hydrogens is 283 g/mol. The van der Waals surface area contributed by atoms with Gasteiger partial charge in [-0.25, -0.2) is 0 Å². The molecule has 7 heteroatoms. The average molecular weight is 307 g/mol. The van der Waals surface area contributed by atoms with Crippen molar-refractivity contribution >= 4 is 5.91 Å². The first kappa shape index (κ1) is 16.5. The fraction of sp³-hybridized carbons (Fsp3) is 0.929. The topological polar surface area (TPSA) is 44.4 Å². The van der Waals surface area contributed by atoms with E-state index in [1.807, 2.05) is 0 Å². The molecule has 0 radical (unpaired) electrons. The number of amides is 1. The van der Waals surface area contributed by atoms with Crippen molar-refractivity contribution in [1.82, 2.24) is 15.5 Å². The number of alkyl halides is 3. The van der Waals surface area contributed by atoms with Gasteiger partial charge in [0.15, 0.2) is 0 Å². The number of piperidine rings is 2. The van der Waals surface area contributed by atoms with Gasteiger partial charge in [0.25, 0.3) is 0 Å². The number of hydrogen-bond acceptors (Lipinski definition) is 3. The molecule has 0 aromatic heterocycles. The number of nitrogens with one attached hydrogen (secondary N) is 2. The Balaban J connectivity index is 1.63. The van der Waals surface area contributed by atoms with Crippen molar-refractivity contribution in [3.8, 4) is 0 Å². The highest BCUT2D eigenvalue weighted by Gasteiger charge is 2.42. The van der Waals surface area contributed by atoms with E-state index in [-0.39, 0.29) is 25.3 Å². The van der Waals surface area contributed by atoms with E-state index in [9.17, 15) is 18.0 Å². The fourth-order valence-corrected chi connectivity index (χ4v) is 3.00. The molecule has 2 unspecified atom stereocenters. The third-order valence-corrected chi connectivity index (χ3v) is 4.37. The van der Waals surface area contributed by atoms with Crippen molar-refractivity contribution in [3.63, 3.8) is 0 Å². The summed E-state index contributed by atoms with van der Waals surface area (Å²) in [4.78, 5) is 14.2. The van der Waals surface area contributed by atoms with Crippen LogP contribution in [0.4, 0.5) is 13.2 Å². The van der Waals surface area contributed by atoms with Gasteiger partial charge in [0.2, 0.25) is 5.91 Å². The van der Waals surface area contributed by atoms with Crippen LogP contribution in [0.2, 0.25) is 0 Å². The number of carbonyl (C=O) groups is 1. The summed E-state index contributed by atoms with van der Waals surface area (Å²) in [5, 5.41) is 5.55. The minimum atomic E-state index is -4.16. The van der Waals surface area contributed by atoms with E-state index in [0.29, 0.717) is 6.54 Å². The number of likely N-dealkylation sites (tertiary alicyclic amines) is 1. The molecule has 122 valence electrons. The first-order chi connectivity index (χ1) is 9.97. The van der Waals surface area contributed by atoms with Crippen LogP contribution in [0.25, 0.3) is 0 Å². The largest absolute Gasteiger partial charge is 0.393 e. The zero-order chi connectivity index (χ0) is 15.3. The average Bonchev–Trinajstić information content (AvgIpc) is 2.47. The molecule has 0 aromatic rings. The van der Waals surface area contributed by atoms with Gasteiger partial charge in [-0.3, -0.25) is 4.79 Å². The van der Waals surface area contributed by atoms with Gasteiger partial charge in [-0.1, -0.05) is 6.42 Å². The highest BCUT2D eigenvalue weighted by molar-refractivity contribution is 5.81. The Morgan fingerprint density at radius 2 is 1.90 bits per heavy atom. The molecule has 2 aliphatic rings. The van der Waals surface area contributed by atoms with Crippen LogP contribution in [0.5, 0.6) is 0 Å². The van der Waals surface area contributed by atoms with E-state index in [0.717, 1.165) is 19.6 Å². The summed E-state index contributed by atoms with van der Waals surface area (Å²) >= 11 is 0. The standard InChI is InChI=1S/C14H24F3N3O/c15-14(16,17)11-4-5-12(19-10-11)13(21)18-6-9-20-7-2-1-3-8-20/h11-12,19H,1-10H2,(H,18,21). The molecule has 0 saturated carbocycles. The zero-order valence-electron chi connectivity index (χ0n) is 12.2. The Hall–Kier alpha value is -0.820. The van der Waals surface area contributed by atoms with Gasteiger partial charge in [-0.05, 0) is 38.8 Å². The summed E-state index contributed by atoms with van der Waals surface area (Å²) in [6, 6.07) is -0.482. The summed E-state index contributed by atoms with van der Waals surface area (Å²) in [7, 11) is 0. The van der Waals surface area contributed by atoms with E-state index in [1.54, 1.807) is 0 Å². The molecule has 0 aliphatic carbocycles. The second-order valence-corrected chi connectivity index (χ2v) is 5.97. The van der Waals surface area contributed by atoms with Gasteiger partial charge in [0, 0.05) is 19.6 Å². The van der Waals surface area contributed by atoms with Crippen LogP contribution in [0.1, 0.15) is 32.1 Å². The van der Waals surface area contributed by atoms with Gasteiger partial charge < -0.3 is 15.5 Å². The lowest BCUT2D eigenvalue weighted by atomic mass is 9.94. The van der Waals surface area contributed by atoms with Crippen molar-refractivity contribution < 1.29 is 18.0 Å². The maximum Gasteiger partial charge on any atom is 0.393 e. The molecule has 2 aliphatic heterocycles. The number of nitrogens with zero attached hydrogens (tertiary/aromatic N) is 1. The summed E-state index contributed by atoms with van der Waals surface area (Å²) in [5.41, 5.74) is 0. The first-order valence-electron chi connectivity index (χ1n) is 7.77. The molecule has 0 bridgehead atoms. The van der Waals surface area contributed by atoms with Gasteiger partial charge in [0.1, 0.15) is 0 Å². The maximum atomic E-state index is 12.5. The van der Waals surface area contributed by atoms with Gasteiger partial charge >= 0.3 is 6.18 Å². The third kappa shape index (κ3) is 5.14. The van der Waals surface area contributed by atoms with E-state index in [4.69, 9.17) is 0 Å². The van der Waals surface area contributed by atoms with Crippen molar-refractivity contribution in [2.45, 2.75) is 44.3 Å². The molecule has 2 atom stereocenters. The first-order valence-corrected chi connectivity index (χ1v) is 7.77. The predicted octanol–water partition coefficient (Wildman–Crippen LogP) is 1.52. The lowest BCUT2D eigenvalue weighted by molar-refractivity contribution is -0.180. The Morgan fingerprint density at radius 3 is 2.48 bits per heavy atom. The molecule has 2 N–H and O–H groups in total. The molecule has 2 heterocycles. The van der Waals surface area contributed by atoms with E-state index < -0.39 is 18.1 Å². The Morgan fingerprint density at radius 1 is 1.19 bits per heavy atom. The summed E-state index contributed by atoms with van der Waals surface area (Å²) in [5.74, 6) is -1.50. The monoisotopic (exact) mass is 307 g/mol. The van der Waals surface area contributed by atoms with Crippen LogP contribution in [-0.4, -0.2) is 55.7 Å². The van der Waals surface area contributed by atoms with Crippen molar-refractivity contribution in [2.24, 2.45) is 5.92 Å². The van der Waals surface area contributed by atoms with Crippen molar-refractivity contribution in [2.75, 3.05) is 32.7 Å². The normalized spacial score (nSPS) is 28.3. The van der Waals surface area contributed by atoms with E-state index in [1.165, 1.54) is 19.3 Å². The number of hydrogen-bond donors (Lipinski definition) is 2. The Labute approximate surface area is 123 Å². The molecule has 2 saturated heterocycles. The third-order valence-electron chi connectivity index (χ3n) is 4.37. The number of carbonyl (C=O) groups excluding carboxylic acids is 1. The summed E-state index contributed by atoms with van der Waals surface area (Å²) in [6.07, 6.45) is -0.202.